The van der Waals surface area contributed by atoms with Crippen molar-refractivity contribution in [2.24, 2.45) is 0 Å². The zero-order valence-corrected chi connectivity index (χ0v) is 14.9. The maximum atomic E-state index is 13.9. The lowest BCUT2D eigenvalue weighted by molar-refractivity contribution is -0.440. The molecule has 0 aliphatic rings. The Bertz CT molecular complexity index is 808. The van der Waals surface area contributed by atoms with Gasteiger partial charge in [-0.1, -0.05) is 12.1 Å². The second kappa shape index (κ2) is 7.94. The first-order chi connectivity index (χ1) is 13.7. The van der Waals surface area contributed by atoms with E-state index in [1.54, 1.807) is 0 Å². The van der Waals surface area contributed by atoms with Crippen LogP contribution in [0, 0.1) is 11.3 Å². The molecule has 1 rings (SSSR count). The average Bonchev–Trinajstić information content (AvgIpc) is 2.64. The van der Waals surface area contributed by atoms with Crippen molar-refractivity contribution >= 4 is 0 Å². The van der Waals surface area contributed by atoms with E-state index >= 15 is 0 Å². The summed E-state index contributed by atoms with van der Waals surface area (Å²) in [6.07, 6.45) is -10.1. The van der Waals surface area contributed by atoms with E-state index in [0.717, 1.165) is 37.4 Å². The summed E-state index contributed by atoms with van der Waals surface area (Å²) in [5.74, 6) is -39.6. The number of rotatable bonds is 8. The molecule has 0 spiro atoms. The molecule has 0 saturated carbocycles. The molecule has 0 radical (unpaired) electrons. The minimum absolute atomic E-state index is 0.0816. The SMILES string of the molecule is COc1ccc([C@H](C#N)CC(F)(F)C(F)(F)C(F)(F)C(F)(F)C(F)(F)C(F)(F)F)cc1. The van der Waals surface area contributed by atoms with Gasteiger partial charge in [-0.25, -0.2) is 0 Å². The standard InChI is InChI=1S/C16H10F13NO/c1-31-10-4-2-8(3-5-10)9(7-30)6-11(17,18)12(19,20)13(21,22)14(23,24)15(25,26)16(27,28)29/h2-5,9H,6H2,1H3/t9-/m0/s1. The van der Waals surface area contributed by atoms with Crippen LogP contribution in [0.5, 0.6) is 5.75 Å². The molecule has 0 saturated heterocycles. The van der Waals surface area contributed by atoms with Gasteiger partial charge in [-0.3, -0.25) is 0 Å². The number of nitrogens with zero attached hydrogens (tertiary/aromatic N) is 1. The van der Waals surface area contributed by atoms with E-state index in [2.05, 4.69) is 4.74 Å². The molecule has 31 heavy (non-hydrogen) atoms. The minimum atomic E-state index is -7.96. The summed E-state index contributed by atoms with van der Waals surface area (Å²) in [7, 11) is 1.16. The molecule has 0 aliphatic heterocycles. The highest BCUT2D eigenvalue weighted by atomic mass is 19.4. The van der Waals surface area contributed by atoms with Crippen LogP contribution in [-0.4, -0.2) is 42.9 Å². The summed E-state index contributed by atoms with van der Waals surface area (Å²) in [5.41, 5.74) is -0.505. The van der Waals surface area contributed by atoms with E-state index in [4.69, 9.17) is 5.26 Å². The van der Waals surface area contributed by atoms with E-state index in [0.29, 0.717) is 0 Å². The molecule has 0 amide bonds. The van der Waals surface area contributed by atoms with Gasteiger partial charge in [-0.2, -0.15) is 62.3 Å². The third kappa shape index (κ3) is 4.20. The Morgan fingerprint density at radius 2 is 1.16 bits per heavy atom. The highest BCUT2D eigenvalue weighted by molar-refractivity contribution is 5.32. The van der Waals surface area contributed by atoms with Gasteiger partial charge in [0.1, 0.15) is 5.75 Å². The van der Waals surface area contributed by atoms with Crippen molar-refractivity contribution in [2.75, 3.05) is 7.11 Å². The summed E-state index contributed by atoms with van der Waals surface area (Å²) in [5, 5.41) is 8.87. The van der Waals surface area contributed by atoms with E-state index < -0.39 is 53.7 Å². The first kappa shape index (κ1) is 26.6. The molecule has 0 aliphatic carbocycles. The van der Waals surface area contributed by atoms with Crippen molar-refractivity contribution in [1.29, 1.82) is 5.26 Å². The zero-order chi connectivity index (χ0) is 24.7. The summed E-state index contributed by atoms with van der Waals surface area (Å²) < 4.78 is 175. The van der Waals surface area contributed by atoms with Gasteiger partial charge in [-0.05, 0) is 17.7 Å². The fourth-order valence-corrected chi connectivity index (χ4v) is 2.26. The van der Waals surface area contributed by atoms with Gasteiger partial charge in [-0.15, -0.1) is 0 Å². The van der Waals surface area contributed by atoms with Crippen molar-refractivity contribution in [2.45, 2.75) is 48.1 Å². The number of alkyl halides is 13. The Kier molecular flexibility index (Phi) is 6.82. The van der Waals surface area contributed by atoms with E-state index in [1.165, 1.54) is 0 Å². The third-order valence-electron chi connectivity index (χ3n) is 4.13. The first-order valence-corrected chi connectivity index (χ1v) is 7.70. The Balaban J connectivity index is 3.39. The van der Waals surface area contributed by atoms with Crippen LogP contribution < -0.4 is 4.74 Å². The molecular formula is C16H10F13NO. The van der Waals surface area contributed by atoms with Crippen LogP contribution in [0.25, 0.3) is 0 Å². The normalized spacial score (nSPS) is 15.4. The summed E-state index contributed by atoms with van der Waals surface area (Å²) >= 11 is 0. The number of hydrogen-bond donors (Lipinski definition) is 0. The van der Waals surface area contributed by atoms with E-state index in [-0.39, 0.29) is 5.75 Å². The van der Waals surface area contributed by atoms with Crippen molar-refractivity contribution in [3.05, 3.63) is 29.8 Å². The smallest absolute Gasteiger partial charge is 0.460 e. The van der Waals surface area contributed by atoms with Crippen molar-refractivity contribution in [1.82, 2.24) is 0 Å². The molecule has 176 valence electrons. The fraction of sp³-hybridized carbons (Fsp3) is 0.562. The number of benzene rings is 1. The van der Waals surface area contributed by atoms with Crippen LogP contribution in [0.3, 0.4) is 0 Å². The average molecular weight is 479 g/mol. The first-order valence-electron chi connectivity index (χ1n) is 7.70. The van der Waals surface area contributed by atoms with Crippen molar-refractivity contribution < 1.29 is 61.8 Å². The molecule has 0 heterocycles. The number of methoxy groups -OCH3 is 1. The third-order valence-corrected chi connectivity index (χ3v) is 4.13. The van der Waals surface area contributed by atoms with Crippen LogP contribution in [0.4, 0.5) is 57.1 Å². The molecule has 1 aromatic carbocycles. The number of ether oxygens (including phenoxy) is 1. The molecule has 2 nitrogen and oxygen atoms in total. The summed E-state index contributed by atoms with van der Waals surface area (Å²) in [6.45, 7) is 0. The van der Waals surface area contributed by atoms with E-state index in [1.807, 2.05) is 0 Å². The van der Waals surface area contributed by atoms with Crippen LogP contribution >= 0.6 is 0 Å². The van der Waals surface area contributed by atoms with Gasteiger partial charge in [0.05, 0.1) is 19.1 Å². The van der Waals surface area contributed by atoms with Crippen molar-refractivity contribution in [3.63, 3.8) is 0 Å². The van der Waals surface area contributed by atoms with Gasteiger partial charge in [0, 0.05) is 6.42 Å². The fourth-order valence-electron chi connectivity index (χ4n) is 2.26. The maximum Gasteiger partial charge on any atom is 0.460 e. The zero-order valence-electron chi connectivity index (χ0n) is 14.9. The Hall–Kier alpha value is -2.40. The quantitative estimate of drug-likeness (QED) is 0.403. The Morgan fingerprint density at radius 3 is 1.52 bits per heavy atom. The summed E-state index contributed by atoms with van der Waals surface area (Å²) in [4.78, 5) is 0. The van der Waals surface area contributed by atoms with Gasteiger partial charge >= 0.3 is 35.8 Å². The number of nitriles is 1. The Labute approximate surface area is 165 Å². The van der Waals surface area contributed by atoms with Gasteiger partial charge < -0.3 is 4.74 Å². The van der Waals surface area contributed by atoms with Crippen LogP contribution in [-0.2, 0) is 0 Å². The molecule has 1 atom stereocenters. The topological polar surface area (TPSA) is 33.0 Å². The molecule has 15 heteroatoms. The van der Waals surface area contributed by atoms with Crippen LogP contribution in [0.15, 0.2) is 24.3 Å². The summed E-state index contributed by atoms with van der Waals surface area (Å²) in [6, 6.07) is 4.78. The highest BCUT2D eigenvalue weighted by Crippen LogP contribution is 2.61. The number of hydrogen-bond acceptors (Lipinski definition) is 2. The van der Waals surface area contributed by atoms with Gasteiger partial charge in [0.2, 0.25) is 0 Å². The molecular weight excluding hydrogens is 469 g/mol. The van der Waals surface area contributed by atoms with Gasteiger partial charge in [0.15, 0.2) is 0 Å². The Morgan fingerprint density at radius 1 is 0.742 bits per heavy atom. The number of halogens is 13. The molecule has 0 aromatic heterocycles. The molecule has 0 N–H and O–H groups in total. The predicted octanol–water partition coefficient (Wildman–Crippen LogP) is 6.43. The largest absolute Gasteiger partial charge is 0.497 e. The molecule has 0 fully saturated rings. The molecule has 0 bridgehead atoms. The lowest BCUT2D eigenvalue weighted by atomic mass is 9.87. The van der Waals surface area contributed by atoms with Gasteiger partial charge in [0.25, 0.3) is 0 Å². The second-order valence-corrected chi connectivity index (χ2v) is 6.16. The monoisotopic (exact) mass is 479 g/mol. The van der Waals surface area contributed by atoms with E-state index in [9.17, 15) is 57.1 Å². The van der Waals surface area contributed by atoms with Crippen LogP contribution in [0.1, 0.15) is 17.9 Å². The lowest BCUT2D eigenvalue weighted by Gasteiger charge is -2.40. The predicted molar refractivity (Wildman–Crippen MR) is 76.8 cm³/mol. The second-order valence-electron chi connectivity index (χ2n) is 6.16. The molecule has 0 unspecified atom stereocenters. The minimum Gasteiger partial charge on any atom is -0.497 e. The highest BCUT2D eigenvalue weighted by Gasteiger charge is 2.90. The lowest BCUT2D eigenvalue weighted by Crippen LogP contribution is -2.70. The molecule has 1 aromatic rings. The maximum absolute atomic E-state index is 13.9. The van der Waals surface area contributed by atoms with Crippen molar-refractivity contribution in [3.8, 4) is 11.8 Å². The van der Waals surface area contributed by atoms with Crippen LogP contribution in [0.2, 0.25) is 0 Å².